The summed E-state index contributed by atoms with van der Waals surface area (Å²) >= 11 is 0. The van der Waals surface area contributed by atoms with Gasteiger partial charge in [0, 0.05) is 0 Å². The minimum absolute atomic E-state index is 0.0715. The van der Waals surface area contributed by atoms with E-state index in [0.29, 0.717) is 11.5 Å². The number of para-hydroxylation sites is 2. The average molecular weight is 321 g/mol. The molecular formula is C20H19NO3. The number of hydrogen-bond acceptors (Lipinski definition) is 4. The first-order valence-electron chi connectivity index (χ1n) is 8.35. The number of esters is 1. The van der Waals surface area contributed by atoms with E-state index >= 15 is 0 Å². The Bertz CT molecular complexity index is 814. The predicted molar refractivity (Wildman–Crippen MR) is 90.4 cm³/mol. The lowest BCUT2D eigenvalue weighted by Gasteiger charge is -2.26. The van der Waals surface area contributed by atoms with Crippen molar-refractivity contribution in [3.8, 4) is 0 Å². The summed E-state index contributed by atoms with van der Waals surface area (Å²) in [6.07, 6.45) is 3.77. The fourth-order valence-electron chi connectivity index (χ4n) is 3.59. The van der Waals surface area contributed by atoms with Crippen molar-refractivity contribution in [1.82, 2.24) is 4.98 Å². The van der Waals surface area contributed by atoms with Crippen molar-refractivity contribution in [2.24, 2.45) is 0 Å². The highest BCUT2D eigenvalue weighted by Gasteiger charge is 2.44. The van der Waals surface area contributed by atoms with Gasteiger partial charge in [0.2, 0.25) is 5.89 Å². The molecule has 3 aromatic rings. The van der Waals surface area contributed by atoms with Crippen molar-refractivity contribution in [2.45, 2.75) is 37.7 Å². The molecule has 0 saturated heterocycles. The van der Waals surface area contributed by atoms with E-state index in [9.17, 15) is 4.79 Å². The maximum Gasteiger partial charge on any atom is 0.317 e. The topological polar surface area (TPSA) is 52.3 Å². The van der Waals surface area contributed by atoms with Gasteiger partial charge in [-0.1, -0.05) is 55.3 Å². The normalized spacial score (nSPS) is 16.3. The third-order valence-corrected chi connectivity index (χ3v) is 4.84. The standard InChI is InChI=1S/C20H19NO3/c22-19(20(12-6-7-13-20)15-8-2-1-3-9-15)23-14-18-21-16-10-4-5-11-17(16)24-18/h1-5,8-11H,6-7,12-14H2. The Kier molecular flexibility index (Phi) is 3.81. The van der Waals surface area contributed by atoms with Crippen LogP contribution in [0.25, 0.3) is 11.1 Å². The highest BCUT2D eigenvalue weighted by Crippen LogP contribution is 2.42. The molecule has 1 aliphatic rings. The zero-order valence-electron chi connectivity index (χ0n) is 13.4. The number of ether oxygens (including phenoxy) is 1. The molecule has 4 heteroatoms. The minimum atomic E-state index is -0.521. The van der Waals surface area contributed by atoms with Gasteiger partial charge in [0.15, 0.2) is 12.2 Å². The summed E-state index contributed by atoms with van der Waals surface area (Å²) in [5.41, 5.74) is 2.02. The molecule has 0 unspecified atom stereocenters. The Morgan fingerprint density at radius 1 is 1.04 bits per heavy atom. The minimum Gasteiger partial charge on any atom is -0.455 e. The summed E-state index contributed by atoms with van der Waals surface area (Å²) in [7, 11) is 0. The molecule has 1 aliphatic carbocycles. The van der Waals surface area contributed by atoms with E-state index in [0.717, 1.165) is 36.8 Å². The average Bonchev–Trinajstić information content (AvgIpc) is 3.28. The highest BCUT2D eigenvalue weighted by molar-refractivity contribution is 5.83. The summed E-state index contributed by atoms with van der Waals surface area (Å²) in [6, 6.07) is 17.5. The van der Waals surface area contributed by atoms with E-state index in [2.05, 4.69) is 4.98 Å². The smallest absolute Gasteiger partial charge is 0.317 e. The Hall–Kier alpha value is -2.62. The van der Waals surface area contributed by atoms with Crippen LogP contribution in [0.3, 0.4) is 0 Å². The van der Waals surface area contributed by atoms with E-state index in [1.54, 1.807) is 0 Å². The number of nitrogens with zero attached hydrogens (tertiary/aromatic N) is 1. The van der Waals surface area contributed by atoms with Gasteiger partial charge in [-0.2, -0.15) is 0 Å². The number of hydrogen-bond donors (Lipinski definition) is 0. The van der Waals surface area contributed by atoms with E-state index in [4.69, 9.17) is 9.15 Å². The number of oxazole rings is 1. The van der Waals surface area contributed by atoms with Crippen molar-refractivity contribution in [1.29, 1.82) is 0 Å². The fraction of sp³-hybridized carbons (Fsp3) is 0.300. The molecular weight excluding hydrogens is 302 g/mol. The molecule has 24 heavy (non-hydrogen) atoms. The van der Waals surface area contributed by atoms with Crippen LogP contribution in [0.4, 0.5) is 0 Å². The summed E-state index contributed by atoms with van der Waals surface area (Å²) in [4.78, 5) is 17.2. The monoisotopic (exact) mass is 321 g/mol. The lowest BCUT2D eigenvalue weighted by Crippen LogP contribution is -2.34. The summed E-state index contributed by atoms with van der Waals surface area (Å²) < 4.78 is 11.2. The van der Waals surface area contributed by atoms with Crippen LogP contribution < -0.4 is 0 Å². The first-order chi connectivity index (χ1) is 11.8. The zero-order valence-corrected chi connectivity index (χ0v) is 13.4. The van der Waals surface area contributed by atoms with Gasteiger partial charge in [0.25, 0.3) is 0 Å². The molecule has 0 bridgehead atoms. The number of carbonyl (C=O) groups excluding carboxylic acids is 1. The van der Waals surface area contributed by atoms with Gasteiger partial charge in [-0.05, 0) is 30.5 Å². The van der Waals surface area contributed by atoms with E-state index < -0.39 is 5.41 Å². The highest BCUT2D eigenvalue weighted by atomic mass is 16.5. The largest absolute Gasteiger partial charge is 0.455 e. The van der Waals surface area contributed by atoms with Crippen molar-refractivity contribution < 1.29 is 13.9 Å². The third kappa shape index (κ3) is 2.58. The van der Waals surface area contributed by atoms with Gasteiger partial charge in [-0.25, -0.2) is 4.98 Å². The Morgan fingerprint density at radius 3 is 2.50 bits per heavy atom. The van der Waals surface area contributed by atoms with Crippen LogP contribution in [0.1, 0.15) is 37.1 Å². The molecule has 4 nitrogen and oxygen atoms in total. The first-order valence-corrected chi connectivity index (χ1v) is 8.35. The lowest BCUT2D eigenvalue weighted by atomic mass is 9.79. The molecule has 0 N–H and O–H groups in total. The number of fused-ring (bicyclic) bond motifs is 1. The van der Waals surface area contributed by atoms with Gasteiger partial charge < -0.3 is 9.15 Å². The number of rotatable bonds is 4. The molecule has 0 radical (unpaired) electrons. The van der Waals surface area contributed by atoms with Crippen LogP contribution in [-0.2, 0) is 21.6 Å². The molecule has 0 atom stereocenters. The Morgan fingerprint density at radius 2 is 1.75 bits per heavy atom. The molecule has 1 heterocycles. The van der Waals surface area contributed by atoms with E-state index in [-0.39, 0.29) is 12.6 Å². The number of carbonyl (C=O) groups is 1. The summed E-state index contributed by atoms with van der Waals surface area (Å²) in [5.74, 6) is 0.263. The van der Waals surface area contributed by atoms with Gasteiger partial charge in [0.05, 0.1) is 5.41 Å². The summed E-state index contributed by atoms with van der Waals surface area (Å²) in [6.45, 7) is 0.0715. The van der Waals surface area contributed by atoms with E-state index in [1.807, 2.05) is 54.6 Å². The maximum absolute atomic E-state index is 12.9. The molecule has 1 fully saturated rings. The van der Waals surface area contributed by atoms with Crippen molar-refractivity contribution in [2.75, 3.05) is 0 Å². The number of benzene rings is 2. The second-order valence-corrected chi connectivity index (χ2v) is 6.31. The van der Waals surface area contributed by atoms with E-state index in [1.165, 1.54) is 0 Å². The third-order valence-electron chi connectivity index (χ3n) is 4.84. The molecule has 1 saturated carbocycles. The van der Waals surface area contributed by atoms with Crippen molar-refractivity contribution in [3.05, 3.63) is 66.1 Å². The van der Waals surface area contributed by atoms with Gasteiger partial charge in [0.1, 0.15) is 5.52 Å². The second kappa shape index (κ2) is 6.11. The van der Waals surface area contributed by atoms with Crippen molar-refractivity contribution in [3.63, 3.8) is 0 Å². The Balaban J connectivity index is 1.53. The maximum atomic E-state index is 12.9. The van der Waals surface area contributed by atoms with Crippen LogP contribution in [0.2, 0.25) is 0 Å². The molecule has 0 aliphatic heterocycles. The first kappa shape index (κ1) is 14.9. The zero-order chi connectivity index (χ0) is 16.4. The van der Waals surface area contributed by atoms with Crippen LogP contribution in [-0.4, -0.2) is 11.0 Å². The molecule has 2 aromatic carbocycles. The van der Waals surface area contributed by atoms with Crippen LogP contribution in [0.15, 0.2) is 59.0 Å². The summed E-state index contributed by atoms with van der Waals surface area (Å²) in [5, 5.41) is 0. The van der Waals surface area contributed by atoms with Gasteiger partial charge >= 0.3 is 5.97 Å². The Labute approximate surface area is 140 Å². The molecule has 0 spiro atoms. The van der Waals surface area contributed by atoms with Crippen LogP contribution in [0, 0.1) is 0 Å². The SMILES string of the molecule is O=C(OCc1nc2ccccc2o1)C1(c2ccccc2)CCCC1. The van der Waals surface area contributed by atoms with Crippen LogP contribution >= 0.6 is 0 Å². The molecule has 4 rings (SSSR count). The molecule has 1 aromatic heterocycles. The molecule has 0 amide bonds. The van der Waals surface area contributed by atoms with Gasteiger partial charge in [-0.15, -0.1) is 0 Å². The predicted octanol–water partition coefficient (Wildman–Crippen LogP) is 4.38. The second-order valence-electron chi connectivity index (χ2n) is 6.31. The fourth-order valence-corrected chi connectivity index (χ4v) is 3.59. The lowest BCUT2D eigenvalue weighted by molar-refractivity contribution is -0.152. The molecule has 122 valence electrons. The van der Waals surface area contributed by atoms with Crippen LogP contribution in [0.5, 0.6) is 0 Å². The van der Waals surface area contributed by atoms with Crippen molar-refractivity contribution >= 4 is 17.1 Å². The number of aromatic nitrogens is 1. The van der Waals surface area contributed by atoms with Gasteiger partial charge in [-0.3, -0.25) is 4.79 Å². The quantitative estimate of drug-likeness (QED) is 0.669.